The highest BCUT2D eigenvalue weighted by atomic mass is 35.5. The molecule has 1 aromatic carbocycles. The SMILES string of the molecule is O=C(O)c1ccc(Cl)c(S(=O)(=O)NCc2ccncn2)c1. The summed E-state index contributed by atoms with van der Waals surface area (Å²) in [5, 5.41) is 8.84. The van der Waals surface area contributed by atoms with Crippen LogP contribution in [-0.2, 0) is 16.6 Å². The van der Waals surface area contributed by atoms with Crippen molar-refractivity contribution in [3.8, 4) is 0 Å². The fourth-order valence-electron chi connectivity index (χ4n) is 1.51. The normalized spacial score (nSPS) is 11.3. The summed E-state index contributed by atoms with van der Waals surface area (Å²) >= 11 is 5.83. The van der Waals surface area contributed by atoms with E-state index >= 15 is 0 Å². The van der Waals surface area contributed by atoms with Crippen LogP contribution in [0.2, 0.25) is 5.02 Å². The van der Waals surface area contributed by atoms with Gasteiger partial charge >= 0.3 is 5.97 Å². The molecule has 2 rings (SSSR count). The van der Waals surface area contributed by atoms with Gasteiger partial charge in [-0.1, -0.05) is 11.6 Å². The number of halogens is 1. The van der Waals surface area contributed by atoms with Crippen LogP contribution in [0.3, 0.4) is 0 Å². The van der Waals surface area contributed by atoms with Crippen LogP contribution in [-0.4, -0.2) is 29.5 Å². The number of sulfonamides is 1. The number of aromatic nitrogens is 2. The molecule has 0 unspecified atom stereocenters. The van der Waals surface area contributed by atoms with Crippen LogP contribution >= 0.6 is 11.6 Å². The standard InChI is InChI=1S/C12H10ClN3O4S/c13-10-2-1-8(12(17)18)5-11(10)21(19,20)16-6-9-3-4-14-7-15-9/h1-5,7,16H,6H2,(H,17,18). The van der Waals surface area contributed by atoms with Gasteiger partial charge in [0.05, 0.1) is 22.8 Å². The van der Waals surface area contributed by atoms with Gasteiger partial charge in [0, 0.05) is 6.20 Å². The van der Waals surface area contributed by atoms with Crippen molar-refractivity contribution in [1.82, 2.24) is 14.7 Å². The van der Waals surface area contributed by atoms with E-state index in [1.807, 2.05) is 0 Å². The zero-order valence-corrected chi connectivity index (χ0v) is 12.1. The largest absolute Gasteiger partial charge is 0.478 e. The minimum absolute atomic E-state index is 0.0571. The molecule has 0 aliphatic carbocycles. The molecule has 0 atom stereocenters. The van der Waals surface area contributed by atoms with Crippen LogP contribution in [0.25, 0.3) is 0 Å². The highest BCUT2D eigenvalue weighted by molar-refractivity contribution is 7.89. The van der Waals surface area contributed by atoms with Crippen LogP contribution < -0.4 is 4.72 Å². The van der Waals surface area contributed by atoms with E-state index in [2.05, 4.69) is 14.7 Å². The smallest absolute Gasteiger partial charge is 0.335 e. The number of carboxylic acid groups (broad SMARTS) is 1. The summed E-state index contributed by atoms with van der Waals surface area (Å²) in [7, 11) is -3.95. The summed E-state index contributed by atoms with van der Waals surface area (Å²) in [5.41, 5.74) is 0.306. The second-order valence-corrected chi connectivity index (χ2v) is 6.12. The van der Waals surface area contributed by atoms with Crippen molar-refractivity contribution in [3.63, 3.8) is 0 Å². The van der Waals surface area contributed by atoms with E-state index in [9.17, 15) is 13.2 Å². The van der Waals surface area contributed by atoms with Crippen molar-refractivity contribution in [2.75, 3.05) is 0 Å². The number of benzene rings is 1. The Bertz CT molecular complexity index is 765. The average Bonchev–Trinajstić information content (AvgIpc) is 2.46. The zero-order valence-electron chi connectivity index (χ0n) is 10.5. The van der Waals surface area contributed by atoms with Gasteiger partial charge in [0.25, 0.3) is 0 Å². The maximum atomic E-state index is 12.2. The minimum atomic E-state index is -3.95. The number of carbonyl (C=O) groups is 1. The van der Waals surface area contributed by atoms with Gasteiger partial charge in [0.2, 0.25) is 10.0 Å². The Hall–Kier alpha value is -2.03. The Morgan fingerprint density at radius 3 is 2.71 bits per heavy atom. The third-order valence-electron chi connectivity index (χ3n) is 2.55. The van der Waals surface area contributed by atoms with E-state index in [1.54, 1.807) is 6.07 Å². The molecular weight excluding hydrogens is 318 g/mol. The minimum Gasteiger partial charge on any atom is -0.478 e. The fourth-order valence-corrected chi connectivity index (χ4v) is 3.03. The van der Waals surface area contributed by atoms with Crippen molar-refractivity contribution in [1.29, 1.82) is 0 Å². The highest BCUT2D eigenvalue weighted by Gasteiger charge is 2.20. The van der Waals surface area contributed by atoms with Gasteiger partial charge in [-0.3, -0.25) is 0 Å². The molecule has 0 saturated heterocycles. The first-order valence-corrected chi connectivity index (χ1v) is 7.53. The third-order valence-corrected chi connectivity index (χ3v) is 4.44. The molecular formula is C12H10ClN3O4S. The van der Waals surface area contributed by atoms with E-state index in [4.69, 9.17) is 16.7 Å². The number of hydrogen-bond acceptors (Lipinski definition) is 5. The molecule has 110 valence electrons. The van der Waals surface area contributed by atoms with Crippen LogP contribution in [0.1, 0.15) is 16.1 Å². The molecule has 0 aliphatic heterocycles. The molecule has 0 radical (unpaired) electrons. The van der Waals surface area contributed by atoms with Gasteiger partial charge in [-0.2, -0.15) is 0 Å². The quantitative estimate of drug-likeness (QED) is 0.856. The van der Waals surface area contributed by atoms with Crippen molar-refractivity contribution >= 4 is 27.6 Å². The molecule has 1 aromatic heterocycles. The predicted octanol–water partition coefficient (Wildman–Crippen LogP) is 1.31. The van der Waals surface area contributed by atoms with Crippen molar-refractivity contribution in [2.45, 2.75) is 11.4 Å². The summed E-state index contributed by atoms with van der Waals surface area (Å²) < 4.78 is 26.6. The van der Waals surface area contributed by atoms with Crippen molar-refractivity contribution in [2.24, 2.45) is 0 Å². The van der Waals surface area contributed by atoms with E-state index in [1.165, 1.54) is 24.7 Å². The summed E-state index contributed by atoms with van der Waals surface area (Å²) in [6.07, 6.45) is 2.77. The lowest BCUT2D eigenvalue weighted by Gasteiger charge is -2.08. The van der Waals surface area contributed by atoms with Gasteiger partial charge in [-0.15, -0.1) is 0 Å². The van der Waals surface area contributed by atoms with Crippen molar-refractivity contribution in [3.05, 3.63) is 53.1 Å². The Labute approximate surface area is 125 Å². The number of rotatable bonds is 5. The number of aromatic carboxylic acids is 1. The molecule has 21 heavy (non-hydrogen) atoms. The van der Waals surface area contributed by atoms with E-state index in [-0.39, 0.29) is 22.0 Å². The first kappa shape index (κ1) is 15.4. The summed E-state index contributed by atoms with van der Waals surface area (Å²) in [6.45, 7) is -0.0571. The fraction of sp³-hybridized carbons (Fsp3) is 0.0833. The van der Waals surface area contributed by atoms with E-state index in [0.717, 1.165) is 6.07 Å². The molecule has 7 nitrogen and oxygen atoms in total. The van der Waals surface area contributed by atoms with Crippen LogP contribution in [0.4, 0.5) is 0 Å². The predicted molar refractivity (Wildman–Crippen MR) is 74.5 cm³/mol. The molecule has 0 fully saturated rings. The van der Waals surface area contributed by atoms with Gasteiger partial charge < -0.3 is 5.11 Å². The Balaban J connectivity index is 2.27. The lowest BCUT2D eigenvalue weighted by Crippen LogP contribution is -2.24. The van der Waals surface area contributed by atoms with Crippen LogP contribution in [0.15, 0.2) is 41.7 Å². The summed E-state index contributed by atoms with van der Waals surface area (Å²) in [4.78, 5) is 18.2. The van der Waals surface area contributed by atoms with E-state index in [0.29, 0.717) is 5.69 Å². The first-order valence-electron chi connectivity index (χ1n) is 5.67. The number of nitrogens with zero attached hydrogens (tertiary/aromatic N) is 2. The molecule has 2 N–H and O–H groups in total. The lowest BCUT2D eigenvalue weighted by atomic mass is 10.2. The molecule has 1 heterocycles. The zero-order chi connectivity index (χ0) is 15.5. The number of carboxylic acids is 1. The first-order chi connectivity index (χ1) is 9.90. The van der Waals surface area contributed by atoms with Gasteiger partial charge in [-0.05, 0) is 24.3 Å². The monoisotopic (exact) mass is 327 g/mol. The Morgan fingerprint density at radius 2 is 2.10 bits per heavy atom. The molecule has 0 aliphatic rings. The number of nitrogens with one attached hydrogen (secondary N) is 1. The maximum absolute atomic E-state index is 12.2. The van der Waals surface area contributed by atoms with Crippen molar-refractivity contribution < 1.29 is 18.3 Å². The topological polar surface area (TPSA) is 109 Å². The molecule has 9 heteroatoms. The molecule has 0 amide bonds. The Morgan fingerprint density at radius 1 is 1.33 bits per heavy atom. The van der Waals surface area contributed by atoms with Gasteiger partial charge in [0.1, 0.15) is 11.2 Å². The van der Waals surface area contributed by atoms with Crippen LogP contribution in [0.5, 0.6) is 0 Å². The third kappa shape index (κ3) is 3.75. The second kappa shape index (κ2) is 6.17. The van der Waals surface area contributed by atoms with E-state index < -0.39 is 16.0 Å². The second-order valence-electron chi connectivity index (χ2n) is 3.98. The molecule has 2 aromatic rings. The molecule has 0 bridgehead atoms. The molecule has 0 spiro atoms. The summed E-state index contributed by atoms with van der Waals surface area (Å²) in [6, 6.07) is 5.02. The summed E-state index contributed by atoms with van der Waals surface area (Å²) in [5.74, 6) is -1.24. The van der Waals surface area contributed by atoms with Gasteiger partial charge in [-0.25, -0.2) is 27.9 Å². The Kier molecular flexibility index (Phi) is 4.51. The molecule has 0 saturated carbocycles. The van der Waals surface area contributed by atoms with Gasteiger partial charge in [0.15, 0.2) is 0 Å². The van der Waals surface area contributed by atoms with Crippen LogP contribution in [0, 0.1) is 0 Å². The lowest BCUT2D eigenvalue weighted by molar-refractivity contribution is 0.0696. The maximum Gasteiger partial charge on any atom is 0.335 e. The highest BCUT2D eigenvalue weighted by Crippen LogP contribution is 2.22. The average molecular weight is 328 g/mol. The number of hydrogen-bond donors (Lipinski definition) is 2.